The van der Waals surface area contributed by atoms with Gasteiger partial charge in [-0.25, -0.2) is 0 Å². The highest BCUT2D eigenvalue weighted by Gasteiger charge is 2.15. The molecule has 0 bridgehead atoms. The molecule has 0 spiro atoms. The van der Waals surface area contributed by atoms with Gasteiger partial charge in [0.2, 0.25) is 5.56 Å². The van der Waals surface area contributed by atoms with Crippen molar-refractivity contribution in [1.82, 2.24) is 4.57 Å². The number of ether oxygens (including phenoxy) is 1. The largest absolute Gasteiger partial charge is 0.370 e. The molecule has 3 N–H and O–H groups in total. The number of nitrogens with two attached hydrogens (primary N) is 1. The summed E-state index contributed by atoms with van der Waals surface area (Å²) in [6, 6.07) is 2.91. The highest BCUT2D eigenvalue weighted by atomic mass is 16.5. The summed E-state index contributed by atoms with van der Waals surface area (Å²) in [6.07, 6.45) is 0.848. The zero-order valence-electron chi connectivity index (χ0n) is 9.27. The average molecular weight is 225 g/mol. The number of anilines is 1. The Balaban J connectivity index is 2.77. The number of pyridine rings is 1. The summed E-state index contributed by atoms with van der Waals surface area (Å²) in [6.45, 7) is 0.105. The number of aryl methyl sites for hydroxylation is 1. The van der Waals surface area contributed by atoms with Crippen LogP contribution in [-0.2, 0) is 16.6 Å². The van der Waals surface area contributed by atoms with E-state index in [2.05, 4.69) is 5.32 Å². The highest BCUT2D eigenvalue weighted by Crippen LogP contribution is 2.03. The smallest absolute Gasteiger partial charge is 0.254 e. The van der Waals surface area contributed by atoms with E-state index in [1.54, 1.807) is 7.05 Å². The lowest BCUT2D eigenvalue weighted by Gasteiger charge is -2.13. The lowest BCUT2D eigenvalue weighted by Crippen LogP contribution is -2.36. The number of carbonyl (C=O) groups excluding carboxylic acids is 1. The van der Waals surface area contributed by atoms with Crippen molar-refractivity contribution in [2.24, 2.45) is 12.8 Å². The highest BCUT2D eigenvalue weighted by molar-refractivity contribution is 5.94. The molecule has 88 valence electrons. The normalized spacial score (nSPS) is 12.2. The van der Waals surface area contributed by atoms with Gasteiger partial charge in [0.05, 0.1) is 5.69 Å². The SMILES string of the molecule is COC(CN)C(=O)Nc1ccc(=O)n(C)c1. The van der Waals surface area contributed by atoms with Crippen LogP contribution in [0.2, 0.25) is 0 Å². The van der Waals surface area contributed by atoms with E-state index in [4.69, 9.17) is 10.5 Å². The molecule has 1 aromatic rings. The van der Waals surface area contributed by atoms with Crippen molar-refractivity contribution in [1.29, 1.82) is 0 Å². The third-order valence-electron chi connectivity index (χ3n) is 2.14. The van der Waals surface area contributed by atoms with Gasteiger partial charge in [-0.3, -0.25) is 9.59 Å². The lowest BCUT2D eigenvalue weighted by atomic mass is 10.3. The number of aromatic nitrogens is 1. The Labute approximate surface area is 93.0 Å². The van der Waals surface area contributed by atoms with Crippen LogP contribution in [0.25, 0.3) is 0 Å². The van der Waals surface area contributed by atoms with E-state index in [9.17, 15) is 9.59 Å². The summed E-state index contributed by atoms with van der Waals surface area (Å²) in [5.74, 6) is -0.330. The van der Waals surface area contributed by atoms with Crippen molar-refractivity contribution in [2.45, 2.75) is 6.10 Å². The topological polar surface area (TPSA) is 86.3 Å². The molecule has 0 fully saturated rings. The molecule has 16 heavy (non-hydrogen) atoms. The molecule has 0 aromatic carbocycles. The number of nitrogens with zero attached hydrogens (tertiary/aromatic N) is 1. The summed E-state index contributed by atoms with van der Waals surface area (Å²) in [5, 5.41) is 2.61. The number of hydrogen-bond acceptors (Lipinski definition) is 4. The molecule has 1 rings (SSSR count). The molecule has 6 nitrogen and oxygen atoms in total. The predicted octanol–water partition coefficient (Wildman–Crippen LogP) is -0.702. The number of nitrogens with one attached hydrogen (secondary N) is 1. The quantitative estimate of drug-likeness (QED) is 0.709. The Morgan fingerprint density at radius 2 is 2.31 bits per heavy atom. The molecule has 0 aliphatic heterocycles. The van der Waals surface area contributed by atoms with Gasteiger partial charge in [-0.2, -0.15) is 0 Å². The van der Waals surface area contributed by atoms with Gasteiger partial charge >= 0.3 is 0 Å². The van der Waals surface area contributed by atoms with Crippen LogP contribution in [0.3, 0.4) is 0 Å². The first kappa shape index (κ1) is 12.4. The van der Waals surface area contributed by atoms with Crippen LogP contribution in [0.1, 0.15) is 0 Å². The maximum absolute atomic E-state index is 11.6. The van der Waals surface area contributed by atoms with Crippen LogP contribution in [0.15, 0.2) is 23.1 Å². The van der Waals surface area contributed by atoms with Crippen LogP contribution < -0.4 is 16.6 Å². The van der Waals surface area contributed by atoms with Gasteiger partial charge in [0.1, 0.15) is 6.10 Å². The van der Waals surface area contributed by atoms with Gasteiger partial charge in [-0.15, -0.1) is 0 Å². The van der Waals surface area contributed by atoms with Crippen molar-refractivity contribution in [2.75, 3.05) is 19.0 Å². The van der Waals surface area contributed by atoms with Gasteiger partial charge in [-0.05, 0) is 6.07 Å². The van der Waals surface area contributed by atoms with Crippen LogP contribution in [0.4, 0.5) is 5.69 Å². The summed E-state index contributed by atoms with van der Waals surface area (Å²) >= 11 is 0. The van der Waals surface area contributed by atoms with Crippen LogP contribution in [0, 0.1) is 0 Å². The minimum absolute atomic E-state index is 0.105. The minimum atomic E-state index is -0.683. The second-order valence-electron chi connectivity index (χ2n) is 3.32. The average Bonchev–Trinajstić information content (AvgIpc) is 2.25. The molecule has 6 heteroatoms. The molecule has 0 aliphatic rings. The zero-order valence-corrected chi connectivity index (χ0v) is 9.27. The van der Waals surface area contributed by atoms with Crippen molar-refractivity contribution in [3.8, 4) is 0 Å². The van der Waals surface area contributed by atoms with E-state index < -0.39 is 6.10 Å². The van der Waals surface area contributed by atoms with Gasteiger partial charge in [0, 0.05) is 33.0 Å². The molecule has 0 radical (unpaired) electrons. The lowest BCUT2D eigenvalue weighted by molar-refractivity contribution is -0.125. The monoisotopic (exact) mass is 225 g/mol. The Hall–Kier alpha value is -1.66. The molecular formula is C10H15N3O3. The van der Waals surface area contributed by atoms with E-state index >= 15 is 0 Å². The first-order valence-corrected chi connectivity index (χ1v) is 4.79. The summed E-state index contributed by atoms with van der Waals surface area (Å²) in [4.78, 5) is 22.7. The Morgan fingerprint density at radius 1 is 1.62 bits per heavy atom. The first-order chi connectivity index (χ1) is 7.58. The molecule has 0 saturated carbocycles. The molecule has 1 aromatic heterocycles. The molecule has 0 aliphatic carbocycles. The second-order valence-corrected chi connectivity index (χ2v) is 3.32. The van der Waals surface area contributed by atoms with E-state index in [-0.39, 0.29) is 18.0 Å². The van der Waals surface area contributed by atoms with Gasteiger partial charge in [-0.1, -0.05) is 0 Å². The van der Waals surface area contributed by atoms with Crippen molar-refractivity contribution in [3.63, 3.8) is 0 Å². The van der Waals surface area contributed by atoms with Crippen LogP contribution in [-0.4, -0.2) is 30.2 Å². The second kappa shape index (κ2) is 5.43. The maximum atomic E-state index is 11.6. The Bertz CT molecular complexity index is 424. The molecule has 1 heterocycles. The summed E-state index contributed by atoms with van der Waals surface area (Å²) in [5.41, 5.74) is 5.74. The molecular weight excluding hydrogens is 210 g/mol. The fourth-order valence-corrected chi connectivity index (χ4v) is 1.20. The molecule has 0 saturated heterocycles. The zero-order chi connectivity index (χ0) is 12.1. The number of methoxy groups -OCH3 is 1. The number of hydrogen-bond donors (Lipinski definition) is 2. The third kappa shape index (κ3) is 2.91. The number of rotatable bonds is 4. The molecule has 1 atom stereocenters. The van der Waals surface area contributed by atoms with Crippen molar-refractivity contribution in [3.05, 3.63) is 28.7 Å². The standard InChI is InChI=1S/C10H15N3O3/c1-13-6-7(3-4-9(13)14)12-10(15)8(5-11)16-2/h3-4,6,8H,5,11H2,1-2H3,(H,12,15). The van der Waals surface area contributed by atoms with E-state index in [1.807, 2.05) is 0 Å². The summed E-state index contributed by atoms with van der Waals surface area (Å²) < 4.78 is 6.26. The molecule has 1 unspecified atom stereocenters. The van der Waals surface area contributed by atoms with E-state index in [0.29, 0.717) is 5.69 Å². The fraction of sp³-hybridized carbons (Fsp3) is 0.400. The van der Waals surface area contributed by atoms with Crippen molar-refractivity contribution >= 4 is 11.6 Å². The minimum Gasteiger partial charge on any atom is -0.370 e. The van der Waals surface area contributed by atoms with Gasteiger partial charge < -0.3 is 20.4 Å². The summed E-state index contributed by atoms with van der Waals surface area (Å²) in [7, 11) is 3.02. The molecule has 1 amide bonds. The van der Waals surface area contributed by atoms with Crippen LogP contribution in [0.5, 0.6) is 0 Å². The predicted molar refractivity (Wildman–Crippen MR) is 60.2 cm³/mol. The number of carbonyl (C=O) groups is 1. The maximum Gasteiger partial charge on any atom is 0.254 e. The van der Waals surface area contributed by atoms with Crippen LogP contribution >= 0.6 is 0 Å². The first-order valence-electron chi connectivity index (χ1n) is 4.79. The van der Waals surface area contributed by atoms with E-state index in [1.165, 1.54) is 30.0 Å². The van der Waals surface area contributed by atoms with Gasteiger partial charge in [0.25, 0.3) is 5.91 Å². The fourth-order valence-electron chi connectivity index (χ4n) is 1.20. The number of amides is 1. The van der Waals surface area contributed by atoms with Crippen molar-refractivity contribution < 1.29 is 9.53 Å². The van der Waals surface area contributed by atoms with E-state index in [0.717, 1.165) is 0 Å². The Kier molecular flexibility index (Phi) is 4.21. The van der Waals surface area contributed by atoms with Gasteiger partial charge in [0.15, 0.2) is 0 Å². The third-order valence-corrected chi connectivity index (χ3v) is 2.14. The Morgan fingerprint density at radius 3 is 2.81 bits per heavy atom.